The van der Waals surface area contributed by atoms with E-state index in [1.807, 2.05) is 42.6 Å². The molecule has 0 unspecified atom stereocenters. The Morgan fingerprint density at radius 3 is 2.54 bits per heavy atom. The lowest BCUT2D eigenvalue weighted by molar-refractivity contribution is 0.0843. The van der Waals surface area contributed by atoms with Crippen molar-refractivity contribution in [2.45, 2.75) is 18.8 Å². The Morgan fingerprint density at radius 2 is 1.83 bits per heavy atom. The second-order valence-electron chi connectivity index (χ2n) is 8.94. The summed E-state index contributed by atoms with van der Waals surface area (Å²) in [5.41, 5.74) is 6.85. The highest BCUT2D eigenvalue weighted by Crippen LogP contribution is 2.44. The van der Waals surface area contributed by atoms with Crippen molar-refractivity contribution in [2.75, 3.05) is 20.3 Å². The molecule has 2 N–H and O–H groups in total. The second-order valence-corrected chi connectivity index (χ2v) is 8.94. The zero-order valence-corrected chi connectivity index (χ0v) is 19.3. The highest BCUT2D eigenvalue weighted by Gasteiger charge is 2.28. The van der Waals surface area contributed by atoms with Gasteiger partial charge in [0.05, 0.1) is 17.2 Å². The molecule has 1 saturated heterocycles. The minimum atomic E-state index is -0.264. The molecule has 7 heteroatoms. The van der Waals surface area contributed by atoms with Gasteiger partial charge in [0.1, 0.15) is 5.82 Å². The first-order valence-corrected chi connectivity index (χ1v) is 11.8. The predicted octanol–water partition coefficient (Wildman–Crippen LogP) is 5.57. The Hall–Kier alpha value is -3.97. The molecule has 0 bridgehead atoms. The first kappa shape index (κ1) is 21.6. The quantitative estimate of drug-likeness (QED) is 0.362. The molecule has 0 atom stereocenters. The number of nitrogens with one attached hydrogen (secondary N) is 2. The highest BCUT2D eigenvalue weighted by atomic mass is 19.1. The van der Waals surface area contributed by atoms with Gasteiger partial charge in [-0.3, -0.25) is 9.89 Å². The van der Waals surface area contributed by atoms with Crippen molar-refractivity contribution in [1.82, 2.24) is 20.1 Å². The molecule has 1 fully saturated rings. The Labute approximate surface area is 201 Å². The van der Waals surface area contributed by atoms with Gasteiger partial charge in [0.15, 0.2) is 0 Å². The van der Waals surface area contributed by atoms with Crippen molar-refractivity contribution in [3.8, 4) is 16.8 Å². The molecule has 3 aromatic carbocycles. The molecule has 6 rings (SSSR count). The third-order valence-corrected chi connectivity index (χ3v) is 6.92. The largest absolute Gasteiger partial charge is 0.381 e. The molecule has 1 aliphatic rings. The van der Waals surface area contributed by atoms with Crippen LogP contribution in [-0.4, -0.2) is 40.9 Å². The van der Waals surface area contributed by atoms with Crippen molar-refractivity contribution < 1.29 is 13.9 Å². The van der Waals surface area contributed by atoms with Crippen LogP contribution in [0.5, 0.6) is 0 Å². The molecule has 1 aliphatic heterocycles. The minimum Gasteiger partial charge on any atom is -0.381 e. The Balaban J connectivity index is 1.68. The summed E-state index contributed by atoms with van der Waals surface area (Å²) in [6.07, 6.45) is 3.63. The summed E-state index contributed by atoms with van der Waals surface area (Å²) in [4.78, 5) is 12.2. The summed E-state index contributed by atoms with van der Waals surface area (Å²) in [5.74, 6) is -0.111. The zero-order valence-electron chi connectivity index (χ0n) is 19.3. The van der Waals surface area contributed by atoms with Gasteiger partial charge in [-0.25, -0.2) is 4.39 Å². The summed E-state index contributed by atoms with van der Waals surface area (Å²) in [6.45, 7) is 1.41. The number of benzene rings is 3. The summed E-state index contributed by atoms with van der Waals surface area (Å²) in [7, 11) is 1.63. The smallest absolute Gasteiger partial charge is 0.251 e. The van der Waals surface area contributed by atoms with Crippen LogP contribution < -0.4 is 5.32 Å². The number of hydrogen-bond acceptors (Lipinski definition) is 3. The fourth-order valence-corrected chi connectivity index (χ4v) is 5.21. The van der Waals surface area contributed by atoms with Crippen LogP contribution in [0.1, 0.15) is 34.8 Å². The van der Waals surface area contributed by atoms with Crippen LogP contribution in [-0.2, 0) is 4.74 Å². The fraction of sp³-hybridized carbons (Fsp3) is 0.214. The molecule has 0 aliphatic carbocycles. The van der Waals surface area contributed by atoms with Crippen molar-refractivity contribution in [3.05, 3.63) is 83.9 Å². The highest BCUT2D eigenvalue weighted by molar-refractivity contribution is 6.06. The van der Waals surface area contributed by atoms with Crippen LogP contribution in [0.2, 0.25) is 0 Å². The van der Waals surface area contributed by atoms with E-state index in [1.54, 1.807) is 7.05 Å². The molecule has 0 radical (unpaired) electrons. The average molecular weight is 469 g/mol. The number of fused-ring (bicyclic) bond motifs is 2. The van der Waals surface area contributed by atoms with Crippen molar-refractivity contribution in [3.63, 3.8) is 0 Å². The number of hydrogen-bond donors (Lipinski definition) is 2. The zero-order chi connectivity index (χ0) is 23.9. The molecule has 176 valence electrons. The Morgan fingerprint density at radius 1 is 1.09 bits per heavy atom. The van der Waals surface area contributed by atoms with Crippen LogP contribution >= 0.6 is 0 Å². The van der Waals surface area contributed by atoms with Crippen LogP contribution in [0.15, 0.2) is 66.9 Å². The first-order chi connectivity index (χ1) is 17.1. The number of rotatable bonds is 4. The minimum absolute atomic E-state index is 0.117. The third kappa shape index (κ3) is 3.68. The van der Waals surface area contributed by atoms with Gasteiger partial charge in [-0.2, -0.15) is 5.10 Å². The molecule has 0 spiro atoms. The second kappa shape index (κ2) is 8.67. The molecule has 5 aromatic rings. The summed E-state index contributed by atoms with van der Waals surface area (Å²) < 4.78 is 21.8. The normalized spacial score (nSPS) is 14.6. The van der Waals surface area contributed by atoms with Crippen LogP contribution in [0.4, 0.5) is 4.39 Å². The van der Waals surface area contributed by atoms with E-state index in [2.05, 4.69) is 32.2 Å². The molecular weight excluding hydrogens is 443 g/mol. The van der Waals surface area contributed by atoms with Crippen LogP contribution in [0, 0.1) is 5.82 Å². The molecule has 35 heavy (non-hydrogen) atoms. The van der Waals surface area contributed by atoms with Gasteiger partial charge in [0, 0.05) is 59.5 Å². The predicted molar refractivity (Wildman–Crippen MR) is 135 cm³/mol. The average Bonchev–Trinajstić information content (AvgIpc) is 3.50. The lowest BCUT2D eigenvalue weighted by atomic mass is 9.89. The van der Waals surface area contributed by atoms with E-state index in [9.17, 15) is 9.18 Å². The van der Waals surface area contributed by atoms with Crippen LogP contribution in [0.25, 0.3) is 38.6 Å². The number of ether oxygens (including phenoxy) is 1. The van der Waals surface area contributed by atoms with Gasteiger partial charge in [-0.15, -0.1) is 0 Å². The monoisotopic (exact) mass is 468 g/mol. The lowest BCUT2D eigenvalue weighted by Crippen LogP contribution is -2.18. The van der Waals surface area contributed by atoms with E-state index < -0.39 is 0 Å². The number of carbonyl (C=O) groups is 1. The maximum absolute atomic E-state index is 13.9. The van der Waals surface area contributed by atoms with Gasteiger partial charge in [0.2, 0.25) is 0 Å². The molecule has 6 nitrogen and oxygen atoms in total. The topological polar surface area (TPSA) is 71.9 Å². The van der Waals surface area contributed by atoms with E-state index in [0.717, 1.165) is 51.5 Å². The molecule has 3 heterocycles. The lowest BCUT2D eigenvalue weighted by Gasteiger charge is -2.26. The van der Waals surface area contributed by atoms with Crippen molar-refractivity contribution in [1.29, 1.82) is 0 Å². The maximum Gasteiger partial charge on any atom is 0.251 e. The van der Waals surface area contributed by atoms with Gasteiger partial charge >= 0.3 is 0 Å². The molecule has 2 aromatic heterocycles. The Kier molecular flexibility index (Phi) is 5.34. The van der Waals surface area contributed by atoms with E-state index in [4.69, 9.17) is 4.74 Å². The van der Waals surface area contributed by atoms with Gasteiger partial charge < -0.3 is 14.6 Å². The SMILES string of the molecule is CNC(=O)c1ccc(-c2c(C3CCOCC3)n(-c3ccc(F)cc3)c3cc4cn[nH]c4cc23)cc1. The number of carbonyl (C=O) groups excluding carboxylic acids is 1. The van der Waals surface area contributed by atoms with Gasteiger partial charge in [-0.05, 0) is 66.9 Å². The number of H-pyrrole nitrogens is 1. The summed E-state index contributed by atoms with van der Waals surface area (Å²) >= 11 is 0. The summed E-state index contributed by atoms with van der Waals surface area (Å²) in [6, 6.07) is 18.7. The van der Waals surface area contributed by atoms with E-state index >= 15 is 0 Å². The standard InChI is InChI=1S/C28H25FN4O2/c1-30-28(34)19-4-2-17(3-5-19)26-23-15-24-20(16-31-32-24)14-25(23)33(22-8-6-21(29)7-9-22)27(26)18-10-12-35-13-11-18/h2-9,14-16,18H,10-13H2,1H3,(H,30,34)(H,31,32). The number of aromatic amines is 1. The number of nitrogens with zero attached hydrogens (tertiary/aromatic N) is 2. The van der Waals surface area contributed by atoms with E-state index in [-0.39, 0.29) is 17.6 Å². The third-order valence-electron chi connectivity index (χ3n) is 6.92. The van der Waals surface area contributed by atoms with Gasteiger partial charge in [-0.1, -0.05) is 12.1 Å². The molecular formula is C28H25FN4O2. The summed E-state index contributed by atoms with van der Waals surface area (Å²) in [5, 5.41) is 12.1. The van der Waals surface area contributed by atoms with Crippen LogP contribution in [0.3, 0.4) is 0 Å². The van der Waals surface area contributed by atoms with Crippen molar-refractivity contribution in [2.24, 2.45) is 0 Å². The number of amides is 1. The molecule has 0 saturated carbocycles. The first-order valence-electron chi connectivity index (χ1n) is 11.8. The molecule has 1 amide bonds. The van der Waals surface area contributed by atoms with Gasteiger partial charge in [0.25, 0.3) is 5.91 Å². The fourth-order valence-electron chi connectivity index (χ4n) is 5.21. The van der Waals surface area contributed by atoms with E-state index in [1.165, 1.54) is 17.8 Å². The number of aromatic nitrogens is 3. The van der Waals surface area contributed by atoms with E-state index in [0.29, 0.717) is 18.8 Å². The maximum atomic E-state index is 13.9. The number of halogens is 1. The Bertz CT molecular complexity index is 1530. The van der Waals surface area contributed by atoms with Crippen molar-refractivity contribution >= 4 is 27.7 Å².